The lowest BCUT2D eigenvalue weighted by atomic mass is 10.1. The van der Waals surface area contributed by atoms with E-state index in [9.17, 15) is 4.79 Å². The smallest absolute Gasteiger partial charge is 0.255 e. The van der Waals surface area contributed by atoms with Crippen molar-refractivity contribution in [2.45, 2.75) is 26.3 Å². The Morgan fingerprint density at radius 1 is 1.29 bits per heavy atom. The molecule has 2 rings (SSSR count). The maximum Gasteiger partial charge on any atom is 0.255 e. The number of nitrogens with zero attached hydrogens (tertiary/aromatic N) is 1. The fourth-order valence-electron chi connectivity index (χ4n) is 2.26. The Labute approximate surface area is 125 Å². The van der Waals surface area contributed by atoms with Crippen molar-refractivity contribution in [2.75, 3.05) is 6.61 Å². The molecule has 0 aliphatic carbocycles. The number of nitrogens with two attached hydrogens (primary N) is 1. The Morgan fingerprint density at radius 2 is 2.05 bits per heavy atom. The molecule has 0 radical (unpaired) electrons. The van der Waals surface area contributed by atoms with E-state index in [0.717, 1.165) is 23.4 Å². The van der Waals surface area contributed by atoms with Crippen LogP contribution in [0.25, 0.3) is 11.3 Å². The third kappa shape index (κ3) is 3.34. The maximum atomic E-state index is 12.3. The Kier molecular flexibility index (Phi) is 4.81. The Hall–Kier alpha value is -2.07. The second-order valence-corrected chi connectivity index (χ2v) is 5.20. The molecule has 0 bridgehead atoms. The summed E-state index contributed by atoms with van der Waals surface area (Å²) in [4.78, 5) is 12.3. The van der Waals surface area contributed by atoms with Gasteiger partial charge in [-0.25, -0.2) is 0 Å². The molecule has 0 saturated heterocycles. The summed E-state index contributed by atoms with van der Waals surface area (Å²) in [5.74, 6) is 0.818. The van der Waals surface area contributed by atoms with E-state index in [-0.39, 0.29) is 11.6 Å². The van der Waals surface area contributed by atoms with Crippen molar-refractivity contribution in [1.29, 1.82) is 0 Å². The lowest BCUT2D eigenvalue weighted by molar-refractivity contribution is 0.317. The van der Waals surface area contributed by atoms with Crippen LogP contribution in [0.15, 0.2) is 41.2 Å². The van der Waals surface area contributed by atoms with Gasteiger partial charge in [0.05, 0.1) is 12.3 Å². The fraction of sp³-hybridized carbons (Fsp3) is 0.353. The third-order valence-electron chi connectivity index (χ3n) is 3.43. The van der Waals surface area contributed by atoms with Crippen LogP contribution in [0, 0.1) is 0 Å². The van der Waals surface area contributed by atoms with Crippen LogP contribution in [0.5, 0.6) is 5.75 Å². The van der Waals surface area contributed by atoms with Gasteiger partial charge in [-0.05, 0) is 37.6 Å². The molecule has 2 N–H and O–H groups in total. The summed E-state index contributed by atoms with van der Waals surface area (Å²) in [6, 6.07) is 11.3. The highest BCUT2D eigenvalue weighted by Gasteiger charge is 2.10. The topological polar surface area (TPSA) is 57.2 Å². The zero-order chi connectivity index (χ0) is 15.4. The zero-order valence-electron chi connectivity index (χ0n) is 12.8. The fourth-order valence-corrected chi connectivity index (χ4v) is 2.26. The summed E-state index contributed by atoms with van der Waals surface area (Å²) >= 11 is 0. The summed E-state index contributed by atoms with van der Waals surface area (Å²) in [6.45, 7) is 4.57. The molecule has 0 spiro atoms. The van der Waals surface area contributed by atoms with Crippen molar-refractivity contribution >= 4 is 0 Å². The first-order chi connectivity index (χ1) is 10.0. The Bertz CT molecular complexity index is 675. The molecule has 1 heterocycles. The van der Waals surface area contributed by atoms with Crippen LogP contribution in [-0.4, -0.2) is 11.2 Å². The predicted octanol–water partition coefficient (Wildman–Crippen LogP) is 2.86. The van der Waals surface area contributed by atoms with Crippen molar-refractivity contribution in [3.63, 3.8) is 0 Å². The van der Waals surface area contributed by atoms with E-state index in [2.05, 4.69) is 6.92 Å². The molecule has 1 aromatic heterocycles. The molecule has 4 nitrogen and oxygen atoms in total. The minimum absolute atomic E-state index is 0.0534. The number of rotatable bonds is 5. The van der Waals surface area contributed by atoms with Gasteiger partial charge in [0, 0.05) is 24.2 Å². The highest BCUT2D eigenvalue weighted by atomic mass is 16.5. The first kappa shape index (κ1) is 15.3. The number of hydrogen-bond acceptors (Lipinski definition) is 3. The Balaban J connectivity index is 2.43. The highest BCUT2D eigenvalue weighted by molar-refractivity contribution is 5.62. The SMILES string of the molecule is CCCOc1cccc(-c2ccc(C(C)N)c(=O)n2C)c1. The summed E-state index contributed by atoms with van der Waals surface area (Å²) < 4.78 is 7.28. The molecule has 0 fully saturated rings. The van der Waals surface area contributed by atoms with E-state index in [1.165, 1.54) is 0 Å². The summed E-state index contributed by atoms with van der Waals surface area (Å²) in [7, 11) is 1.77. The lowest BCUT2D eigenvalue weighted by Crippen LogP contribution is -2.26. The van der Waals surface area contributed by atoms with Gasteiger partial charge < -0.3 is 15.0 Å². The normalized spacial score (nSPS) is 12.2. The molecule has 1 atom stereocenters. The van der Waals surface area contributed by atoms with E-state index in [1.54, 1.807) is 11.6 Å². The summed E-state index contributed by atoms with van der Waals surface area (Å²) in [5, 5.41) is 0. The quantitative estimate of drug-likeness (QED) is 0.919. The number of ether oxygens (including phenoxy) is 1. The molecule has 0 aliphatic rings. The molecule has 21 heavy (non-hydrogen) atoms. The number of pyridine rings is 1. The van der Waals surface area contributed by atoms with Crippen LogP contribution in [0.1, 0.15) is 31.9 Å². The van der Waals surface area contributed by atoms with Crippen molar-refractivity contribution in [3.05, 3.63) is 52.3 Å². The molecule has 0 saturated carbocycles. The molecule has 4 heteroatoms. The van der Waals surface area contributed by atoms with E-state index in [0.29, 0.717) is 12.2 Å². The van der Waals surface area contributed by atoms with E-state index < -0.39 is 0 Å². The molecule has 112 valence electrons. The molecular formula is C17H22N2O2. The van der Waals surface area contributed by atoms with Crippen LogP contribution >= 0.6 is 0 Å². The van der Waals surface area contributed by atoms with Gasteiger partial charge >= 0.3 is 0 Å². The molecule has 0 aliphatic heterocycles. The van der Waals surface area contributed by atoms with Crippen LogP contribution in [-0.2, 0) is 7.05 Å². The van der Waals surface area contributed by atoms with Gasteiger partial charge in [-0.2, -0.15) is 0 Å². The van der Waals surface area contributed by atoms with Gasteiger partial charge in [0.25, 0.3) is 5.56 Å². The average molecular weight is 286 g/mol. The summed E-state index contributed by atoms with van der Waals surface area (Å²) in [5.41, 5.74) is 8.20. The van der Waals surface area contributed by atoms with Crippen LogP contribution in [0.2, 0.25) is 0 Å². The number of benzene rings is 1. The van der Waals surface area contributed by atoms with Crippen LogP contribution < -0.4 is 16.0 Å². The average Bonchev–Trinajstić information content (AvgIpc) is 2.47. The lowest BCUT2D eigenvalue weighted by Gasteiger charge is -2.13. The standard InChI is InChI=1S/C17H22N2O2/c1-4-10-21-14-7-5-6-13(11-14)16-9-8-15(12(2)18)17(20)19(16)3/h5-9,11-12H,4,10,18H2,1-3H3. The van der Waals surface area contributed by atoms with Gasteiger partial charge in [0.2, 0.25) is 0 Å². The summed E-state index contributed by atoms with van der Waals surface area (Å²) in [6.07, 6.45) is 0.964. The minimum atomic E-state index is -0.267. The number of aromatic nitrogens is 1. The molecular weight excluding hydrogens is 264 g/mol. The molecule has 1 unspecified atom stereocenters. The third-order valence-corrected chi connectivity index (χ3v) is 3.43. The monoisotopic (exact) mass is 286 g/mol. The minimum Gasteiger partial charge on any atom is -0.494 e. The zero-order valence-corrected chi connectivity index (χ0v) is 12.8. The molecule has 2 aromatic rings. The first-order valence-corrected chi connectivity index (χ1v) is 7.23. The van der Waals surface area contributed by atoms with Crippen molar-refractivity contribution in [3.8, 4) is 17.0 Å². The van der Waals surface area contributed by atoms with Crippen molar-refractivity contribution in [1.82, 2.24) is 4.57 Å². The second-order valence-electron chi connectivity index (χ2n) is 5.20. The van der Waals surface area contributed by atoms with Gasteiger partial charge in [0.1, 0.15) is 5.75 Å². The van der Waals surface area contributed by atoms with Crippen molar-refractivity contribution < 1.29 is 4.74 Å². The van der Waals surface area contributed by atoms with Gasteiger partial charge in [0.15, 0.2) is 0 Å². The maximum absolute atomic E-state index is 12.3. The Morgan fingerprint density at radius 3 is 2.71 bits per heavy atom. The van der Waals surface area contributed by atoms with E-state index >= 15 is 0 Å². The van der Waals surface area contributed by atoms with Crippen molar-refractivity contribution in [2.24, 2.45) is 12.8 Å². The molecule has 0 amide bonds. The largest absolute Gasteiger partial charge is 0.494 e. The van der Waals surface area contributed by atoms with Gasteiger partial charge in [-0.1, -0.05) is 19.1 Å². The highest BCUT2D eigenvalue weighted by Crippen LogP contribution is 2.23. The van der Waals surface area contributed by atoms with Gasteiger partial charge in [-0.3, -0.25) is 4.79 Å². The predicted molar refractivity (Wildman–Crippen MR) is 85.5 cm³/mol. The molecule has 1 aromatic carbocycles. The van der Waals surface area contributed by atoms with Crippen LogP contribution in [0.4, 0.5) is 0 Å². The van der Waals surface area contributed by atoms with E-state index in [4.69, 9.17) is 10.5 Å². The first-order valence-electron chi connectivity index (χ1n) is 7.23. The number of hydrogen-bond donors (Lipinski definition) is 1. The second kappa shape index (κ2) is 6.59. The van der Waals surface area contributed by atoms with Crippen LogP contribution in [0.3, 0.4) is 0 Å². The van der Waals surface area contributed by atoms with E-state index in [1.807, 2.05) is 43.3 Å². The van der Waals surface area contributed by atoms with Gasteiger partial charge in [-0.15, -0.1) is 0 Å².